The highest BCUT2D eigenvalue weighted by Gasteiger charge is 2.35. The first-order valence-corrected chi connectivity index (χ1v) is 13.6. The number of carbonyl (C=O) groups is 2. The van der Waals surface area contributed by atoms with Crippen LogP contribution in [0.25, 0.3) is 0 Å². The van der Waals surface area contributed by atoms with Gasteiger partial charge in [0.2, 0.25) is 0 Å². The van der Waals surface area contributed by atoms with Crippen molar-refractivity contribution in [2.24, 2.45) is 0 Å². The fraction of sp³-hybridized carbons (Fsp3) is 0.235. The smallest absolute Gasteiger partial charge is 0.408 e. The lowest BCUT2D eigenvalue weighted by Crippen LogP contribution is -2.45. The summed E-state index contributed by atoms with van der Waals surface area (Å²) in [5, 5.41) is 16.0. The highest BCUT2D eigenvalue weighted by molar-refractivity contribution is 5.79. The van der Waals surface area contributed by atoms with Gasteiger partial charge in [-0.3, -0.25) is 5.32 Å². The molecule has 3 N–H and O–H groups in total. The normalized spacial score (nSPS) is 11.9. The predicted octanol–water partition coefficient (Wildman–Crippen LogP) is 6.43. The SMILES string of the molecule is Cc1ccc(C(NCCCC[C@H](NC(=O)OCc2ccccc2)C(=O)O)(c2ccccc2)c2ccccc2)cc1. The summed E-state index contributed by atoms with van der Waals surface area (Å²) in [5.74, 6) is -1.08. The first-order valence-electron chi connectivity index (χ1n) is 13.6. The minimum Gasteiger partial charge on any atom is -0.480 e. The molecule has 0 saturated heterocycles. The van der Waals surface area contributed by atoms with E-state index in [2.05, 4.69) is 66.1 Å². The van der Waals surface area contributed by atoms with E-state index in [0.29, 0.717) is 19.4 Å². The fourth-order valence-electron chi connectivity index (χ4n) is 4.90. The molecule has 206 valence electrons. The van der Waals surface area contributed by atoms with Gasteiger partial charge < -0.3 is 15.2 Å². The number of ether oxygens (including phenoxy) is 1. The van der Waals surface area contributed by atoms with E-state index in [4.69, 9.17) is 4.74 Å². The summed E-state index contributed by atoms with van der Waals surface area (Å²) in [7, 11) is 0. The molecule has 0 aliphatic carbocycles. The molecule has 0 unspecified atom stereocenters. The molecule has 4 rings (SSSR count). The highest BCUT2D eigenvalue weighted by atomic mass is 16.5. The Labute approximate surface area is 236 Å². The van der Waals surface area contributed by atoms with Crippen LogP contribution < -0.4 is 10.6 Å². The van der Waals surface area contributed by atoms with E-state index < -0.39 is 23.6 Å². The van der Waals surface area contributed by atoms with E-state index in [0.717, 1.165) is 28.7 Å². The Morgan fingerprint density at radius 2 is 1.27 bits per heavy atom. The number of carbonyl (C=O) groups excluding carboxylic acids is 1. The topological polar surface area (TPSA) is 87.7 Å². The summed E-state index contributed by atoms with van der Waals surface area (Å²) < 4.78 is 5.21. The van der Waals surface area contributed by atoms with Crippen LogP contribution in [-0.2, 0) is 21.7 Å². The fourth-order valence-corrected chi connectivity index (χ4v) is 4.90. The number of carboxylic acid groups (broad SMARTS) is 1. The molecule has 0 aromatic heterocycles. The minimum absolute atomic E-state index is 0.0863. The molecule has 0 fully saturated rings. The van der Waals surface area contributed by atoms with Crippen LogP contribution in [0.3, 0.4) is 0 Å². The molecule has 0 aliphatic heterocycles. The monoisotopic (exact) mass is 536 g/mol. The van der Waals surface area contributed by atoms with Gasteiger partial charge in [0.1, 0.15) is 12.6 Å². The summed E-state index contributed by atoms with van der Waals surface area (Å²) >= 11 is 0. The first-order chi connectivity index (χ1) is 19.5. The van der Waals surface area contributed by atoms with E-state index >= 15 is 0 Å². The van der Waals surface area contributed by atoms with E-state index in [1.165, 1.54) is 5.56 Å². The lowest BCUT2D eigenvalue weighted by Gasteiger charge is -2.37. The second kappa shape index (κ2) is 14.1. The van der Waals surface area contributed by atoms with Crippen LogP contribution in [0.15, 0.2) is 115 Å². The number of hydrogen-bond donors (Lipinski definition) is 3. The van der Waals surface area contributed by atoms with Crippen LogP contribution in [0.4, 0.5) is 4.79 Å². The molecule has 6 heteroatoms. The number of nitrogens with one attached hydrogen (secondary N) is 2. The number of aryl methyl sites for hydroxylation is 1. The zero-order valence-electron chi connectivity index (χ0n) is 22.8. The van der Waals surface area contributed by atoms with Crippen LogP contribution in [0.1, 0.15) is 47.1 Å². The number of aliphatic carboxylic acids is 1. The number of benzene rings is 4. The van der Waals surface area contributed by atoms with Gasteiger partial charge in [0.05, 0.1) is 5.54 Å². The quantitative estimate of drug-likeness (QED) is 0.135. The van der Waals surface area contributed by atoms with Crippen molar-refractivity contribution in [3.63, 3.8) is 0 Å². The third-order valence-electron chi connectivity index (χ3n) is 7.01. The molecular formula is C34H36N2O4. The zero-order valence-corrected chi connectivity index (χ0v) is 22.8. The molecule has 6 nitrogen and oxygen atoms in total. The van der Waals surface area contributed by atoms with Gasteiger partial charge in [0.15, 0.2) is 0 Å². The average Bonchev–Trinajstić information content (AvgIpc) is 2.99. The van der Waals surface area contributed by atoms with E-state index in [1.54, 1.807) is 0 Å². The Morgan fingerprint density at radius 3 is 1.82 bits per heavy atom. The number of alkyl carbamates (subject to hydrolysis) is 1. The molecule has 4 aromatic rings. The van der Waals surface area contributed by atoms with Crippen molar-refractivity contribution in [1.29, 1.82) is 0 Å². The Morgan fingerprint density at radius 1 is 0.750 bits per heavy atom. The maximum Gasteiger partial charge on any atom is 0.408 e. The number of rotatable bonds is 13. The lowest BCUT2D eigenvalue weighted by molar-refractivity contribution is -0.139. The summed E-state index contributed by atoms with van der Waals surface area (Å²) in [4.78, 5) is 24.1. The Hall–Kier alpha value is -4.42. The molecule has 0 radical (unpaired) electrons. The summed E-state index contributed by atoms with van der Waals surface area (Å²) in [6.07, 6.45) is 0.890. The Bertz CT molecular complexity index is 1300. The minimum atomic E-state index is -1.08. The molecule has 1 atom stereocenters. The Balaban J connectivity index is 1.42. The number of unbranched alkanes of at least 4 members (excludes halogenated alkanes) is 1. The highest BCUT2D eigenvalue weighted by Crippen LogP contribution is 2.37. The lowest BCUT2D eigenvalue weighted by atomic mass is 9.76. The molecule has 40 heavy (non-hydrogen) atoms. The molecule has 0 aliphatic rings. The predicted molar refractivity (Wildman–Crippen MR) is 157 cm³/mol. The first kappa shape index (κ1) is 28.6. The summed E-state index contributed by atoms with van der Waals surface area (Å²) in [6, 6.07) is 37.5. The van der Waals surface area contributed by atoms with Gasteiger partial charge in [-0.05, 0) is 55.0 Å². The van der Waals surface area contributed by atoms with Crippen LogP contribution in [0.5, 0.6) is 0 Å². The van der Waals surface area contributed by atoms with Crippen LogP contribution in [0.2, 0.25) is 0 Å². The van der Waals surface area contributed by atoms with Crippen molar-refractivity contribution in [3.05, 3.63) is 143 Å². The van der Waals surface area contributed by atoms with Crippen molar-refractivity contribution < 1.29 is 19.4 Å². The summed E-state index contributed by atoms with van der Waals surface area (Å²) in [5.41, 5.74) is 4.81. The molecule has 1 amide bonds. The summed E-state index contributed by atoms with van der Waals surface area (Å²) in [6.45, 7) is 2.81. The third-order valence-corrected chi connectivity index (χ3v) is 7.01. The van der Waals surface area contributed by atoms with Gasteiger partial charge in [0.25, 0.3) is 0 Å². The van der Waals surface area contributed by atoms with Crippen molar-refractivity contribution in [3.8, 4) is 0 Å². The average molecular weight is 537 g/mol. The second-order valence-electron chi connectivity index (χ2n) is 9.87. The van der Waals surface area contributed by atoms with Crippen LogP contribution >= 0.6 is 0 Å². The molecule has 0 bridgehead atoms. The molecule has 0 spiro atoms. The number of amides is 1. The molecular weight excluding hydrogens is 500 g/mol. The van der Waals surface area contributed by atoms with Crippen molar-refractivity contribution in [2.45, 2.75) is 44.4 Å². The van der Waals surface area contributed by atoms with Gasteiger partial charge in [0, 0.05) is 0 Å². The van der Waals surface area contributed by atoms with E-state index in [9.17, 15) is 14.7 Å². The maximum absolute atomic E-state index is 12.2. The van der Waals surface area contributed by atoms with Crippen LogP contribution in [-0.4, -0.2) is 29.8 Å². The second-order valence-corrected chi connectivity index (χ2v) is 9.87. The van der Waals surface area contributed by atoms with Crippen molar-refractivity contribution in [2.75, 3.05) is 6.54 Å². The largest absolute Gasteiger partial charge is 0.480 e. The van der Waals surface area contributed by atoms with Gasteiger partial charge in [-0.1, -0.05) is 121 Å². The third kappa shape index (κ3) is 7.36. The van der Waals surface area contributed by atoms with Gasteiger partial charge in [-0.25, -0.2) is 9.59 Å². The van der Waals surface area contributed by atoms with E-state index in [1.807, 2.05) is 66.7 Å². The Kier molecular flexibility index (Phi) is 10.1. The molecule has 0 heterocycles. The molecule has 0 saturated carbocycles. The standard InChI is InChI=1S/C34H36N2O4/c1-26-20-22-30(23-21-26)34(28-15-7-3-8-16-28,29-17-9-4-10-18-29)35-24-12-11-19-31(32(37)38)36-33(39)40-25-27-13-5-2-6-14-27/h2-10,13-18,20-23,31,35H,11-12,19,24-25H2,1H3,(H,36,39)(H,37,38)/t31-/m0/s1. The van der Waals surface area contributed by atoms with Gasteiger partial charge in [-0.15, -0.1) is 0 Å². The van der Waals surface area contributed by atoms with E-state index in [-0.39, 0.29) is 6.61 Å². The van der Waals surface area contributed by atoms with Gasteiger partial charge in [-0.2, -0.15) is 0 Å². The maximum atomic E-state index is 12.2. The van der Waals surface area contributed by atoms with Crippen LogP contribution in [0, 0.1) is 6.92 Å². The van der Waals surface area contributed by atoms with Gasteiger partial charge >= 0.3 is 12.1 Å². The zero-order chi connectivity index (χ0) is 28.2. The van der Waals surface area contributed by atoms with Crippen molar-refractivity contribution in [1.82, 2.24) is 10.6 Å². The molecule has 4 aromatic carbocycles. The number of hydrogen-bond acceptors (Lipinski definition) is 4. The van der Waals surface area contributed by atoms with Crippen molar-refractivity contribution >= 4 is 12.1 Å². The number of carboxylic acids is 1.